The van der Waals surface area contributed by atoms with Crippen molar-refractivity contribution in [1.29, 1.82) is 0 Å². The predicted octanol–water partition coefficient (Wildman–Crippen LogP) is 2.42. The van der Waals surface area contributed by atoms with Gasteiger partial charge in [-0.05, 0) is 0 Å². The molecule has 138 valence electrons. The standard InChI is InChI=1S/C14H13N3O7S2/c18-5-14-6-23-12(8-1-10(16(19)20)25-3-8)15(14)13(24-7-14)9-2-11(17(21)22)26-4-9/h1-4,12-13,18H,5-7H2/t12-,13-/m1/s1. The smallest absolute Gasteiger partial charge is 0.324 e. The summed E-state index contributed by atoms with van der Waals surface area (Å²) in [5, 5.41) is 35.1. The highest BCUT2D eigenvalue weighted by Gasteiger charge is 2.57. The number of nitro groups is 2. The van der Waals surface area contributed by atoms with E-state index in [2.05, 4.69) is 0 Å². The van der Waals surface area contributed by atoms with Gasteiger partial charge in [0.25, 0.3) is 0 Å². The minimum atomic E-state index is -0.789. The maximum atomic E-state index is 11.0. The van der Waals surface area contributed by atoms with Crippen molar-refractivity contribution in [2.45, 2.75) is 18.0 Å². The van der Waals surface area contributed by atoms with Gasteiger partial charge in [0.15, 0.2) is 0 Å². The summed E-state index contributed by atoms with van der Waals surface area (Å²) in [5.41, 5.74) is 0.400. The van der Waals surface area contributed by atoms with Crippen molar-refractivity contribution in [1.82, 2.24) is 4.90 Å². The Balaban J connectivity index is 1.70. The summed E-state index contributed by atoms with van der Waals surface area (Å²) in [7, 11) is 0. The van der Waals surface area contributed by atoms with Gasteiger partial charge in [0.2, 0.25) is 0 Å². The van der Waals surface area contributed by atoms with E-state index < -0.39 is 27.8 Å². The molecule has 2 atom stereocenters. The van der Waals surface area contributed by atoms with Gasteiger partial charge in [-0.3, -0.25) is 20.2 Å². The summed E-state index contributed by atoms with van der Waals surface area (Å²) in [6, 6.07) is 2.88. The van der Waals surface area contributed by atoms with Gasteiger partial charge >= 0.3 is 10.0 Å². The predicted molar refractivity (Wildman–Crippen MR) is 91.0 cm³/mol. The summed E-state index contributed by atoms with van der Waals surface area (Å²) < 4.78 is 11.7. The van der Waals surface area contributed by atoms with Crippen molar-refractivity contribution >= 4 is 32.7 Å². The third kappa shape index (κ3) is 2.62. The van der Waals surface area contributed by atoms with Crippen LogP contribution in [0, 0.1) is 20.2 Å². The van der Waals surface area contributed by atoms with Crippen LogP contribution in [0.5, 0.6) is 0 Å². The average Bonchev–Trinajstić information content (AvgIpc) is 3.36. The zero-order valence-electron chi connectivity index (χ0n) is 13.1. The lowest BCUT2D eigenvalue weighted by atomic mass is 10.0. The first-order valence-corrected chi connectivity index (χ1v) is 9.29. The van der Waals surface area contributed by atoms with Crippen LogP contribution in [-0.2, 0) is 9.47 Å². The summed E-state index contributed by atoms with van der Waals surface area (Å²) in [4.78, 5) is 22.8. The molecule has 10 nitrogen and oxygen atoms in total. The molecule has 0 aromatic carbocycles. The van der Waals surface area contributed by atoms with Crippen molar-refractivity contribution in [3.05, 3.63) is 54.2 Å². The first-order valence-electron chi connectivity index (χ1n) is 7.53. The van der Waals surface area contributed by atoms with E-state index in [0.29, 0.717) is 11.1 Å². The van der Waals surface area contributed by atoms with Crippen molar-refractivity contribution in [2.75, 3.05) is 19.8 Å². The molecule has 2 aromatic heterocycles. The van der Waals surface area contributed by atoms with Crippen LogP contribution in [0.4, 0.5) is 10.0 Å². The molecule has 0 radical (unpaired) electrons. The molecule has 12 heteroatoms. The SMILES string of the molecule is O=[N+]([O-])c1cc([C@H]2OCC3(CO)CO[C@H](c4csc([N+](=O)[O-])c4)N23)cs1. The molecule has 4 heterocycles. The van der Waals surface area contributed by atoms with Crippen LogP contribution in [0.1, 0.15) is 23.6 Å². The minimum Gasteiger partial charge on any atom is -0.394 e. The summed E-state index contributed by atoms with van der Waals surface area (Å²) in [5.74, 6) is 0. The van der Waals surface area contributed by atoms with E-state index in [0.717, 1.165) is 22.7 Å². The Bertz CT molecular complexity index is 802. The van der Waals surface area contributed by atoms with Crippen LogP contribution >= 0.6 is 22.7 Å². The molecule has 2 aliphatic rings. The van der Waals surface area contributed by atoms with Crippen LogP contribution in [0.2, 0.25) is 0 Å². The Hall–Kier alpha value is -1.96. The second-order valence-corrected chi connectivity index (χ2v) is 7.85. The van der Waals surface area contributed by atoms with Gasteiger partial charge in [-0.25, -0.2) is 4.90 Å². The molecular formula is C14H13N3O7S2. The van der Waals surface area contributed by atoms with E-state index in [-0.39, 0.29) is 29.8 Å². The fourth-order valence-corrected chi connectivity index (χ4v) is 4.72. The summed E-state index contributed by atoms with van der Waals surface area (Å²) in [6.45, 7) is 0.166. The Labute approximate surface area is 154 Å². The molecule has 0 unspecified atom stereocenters. The van der Waals surface area contributed by atoms with Crippen LogP contribution in [0.3, 0.4) is 0 Å². The van der Waals surface area contributed by atoms with Crippen LogP contribution < -0.4 is 0 Å². The number of thiophene rings is 2. The monoisotopic (exact) mass is 399 g/mol. The van der Waals surface area contributed by atoms with Crippen LogP contribution in [-0.4, -0.2) is 45.2 Å². The zero-order valence-corrected chi connectivity index (χ0v) is 14.8. The maximum Gasteiger partial charge on any atom is 0.324 e. The molecule has 26 heavy (non-hydrogen) atoms. The third-order valence-electron chi connectivity index (χ3n) is 4.51. The normalized spacial score (nSPS) is 24.7. The third-order valence-corrected chi connectivity index (χ3v) is 6.31. The van der Waals surface area contributed by atoms with E-state index in [1.54, 1.807) is 10.8 Å². The second kappa shape index (κ2) is 6.33. The minimum absolute atomic E-state index is 0.00654. The lowest BCUT2D eigenvalue weighted by Gasteiger charge is -2.32. The van der Waals surface area contributed by atoms with E-state index in [1.807, 2.05) is 4.90 Å². The quantitative estimate of drug-likeness (QED) is 0.599. The number of fused-ring (bicyclic) bond motifs is 1. The Morgan fingerprint density at radius 2 is 1.54 bits per heavy atom. The number of hydrogen-bond acceptors (Lipinski definition) is 10. The first kappa shape index (κ1) is 17.5. The number of rotatable bonds is 5. The number of aliphatic hydroxyl groups is 1. The van der Waals surface area contributed by atoms with Crippen molar-refractivity contribution in [2.24, 2.45) is 0 Å². The summed E-state index contributed by atoms with van der Waals surface area (Å²) in [6.07, 6.45) is -1.28. The highest BCUT2D eigenvalue weighted by molar-refractivity contribution is 7.13. The van der Waals surface area contributed by atoms with E-state index in [1.165, 1.54) is 12.1 Å². The van der Waals surface area contributed by atoms with Gasteiger partial charge in [-0.2, -0.15) is 0 Å². The molecule has 0 bridgehead atoms. The van der Waals surface area contributed by atoms with Gasteiger partial charge in [0.05, 0.1) is 35.2 Å². The molecule has 1 N–H and O–H groups in total. The largest absolute Gasteiger partial charge is 0.394 e. The first-order chi connectivity index (χ1) is 12.4. The lowest BCUT2D eigenvalue weighted by Crippen LogP contribution is -2.47. The van der Waals surface area contributed by atoms with E-state index in [9.17, 15) is 25.3 Å². The zero-order chi connectivity index (χ0) is 18.5. The fraction of sp³-hybridized carbons (Fsp3) is 0.429. The molecule has 0 saturated carbocycles. The van der Waals surface area contributed by atoms with Gasteiger partial charge in [-0.15, -0.1) is 0 Å². The number of nitrogens with zero attached hydrogens (tertiary/aromatic N) is 3. The van der Waals surface area contributed by atoms with E-state index in [4.69, 9.17) is 9.47 Å². The molecule has 2 saturated heterocycles. The number of hydrogen-bond donors (Lipinski definition) is 1. The van der Waals surface area contributed by atoms with Crippen molar-refractivity contribution in [3.63, 3.8) is 0 Å². The average molecular weight is 399 g/mol. The van der Waals surface area contributed by atoms with Crippen LogP contribution in [0.25, 0.3) is 0 Å². The fourth-order valence-electron chi connectivity index (χ4n) is 3.26. The van der Waals surface area contributed by atoms with Crippen molar-refractivity contribution < 1.29 is 24.4 Å². The highest BCUT2D eigenvalue weighted by Crippen LogP contribution is 2.50. The number of ether oxygens (including phenoxy) is 2. The topological polar surface area (TPSA) is 128 Å². The Morgan fingerprint density at radius 3 is 1.88 bits per heavy atom. The van der Waals surface area contributed by atoms with Gasteiger partial charge in [0, 0.05) is 34.0 Å². The highest BCUT2D eigenvalue weighted by atomic mass is 32.1. The molecule has 2 aromatic rings. The maximum absolute atomic E-state index is 11.0. The molecule has 2 aliphatic heterocycles. The number of aliphatic hydroxyl groups excluding tert-OH is 1. The Kier molecular flexibility index (Phi) is 4.25. The molecular weight excluding hydrogens is 386 g/mol. The molecule has 0 amide bonds. The molecule has 0 spiro atoms. The van der Waals surface area contributed by atoms with Gasteiger partial charge < -0.3 is 14.6 Å². The van der Waals surface area contributed by atoms with Crippen molar-refractivity contribution in [3.8, 4) is 0 Å². The van der Waals surface area contributed by atoms with Gasteiger partial charge in [-0.1, -0.05) is 22.7 Å². The molecule has 4 rings (SSSR count). The van der Waals surface area contributed by atoms with E-state index >= 15 is 0 Å². The Morgan fingerprint density at radius 1 is 1.08 bits per heavy atom. The second-order valence-electron chi connectivity index (χ2n) is 6.07. The lowest BCUT2D eigenvalue weighted by molar-refractivity contribution is -0.380. The van der Waals surface area contributed by atoms with Crippen LogP contribution in [0.15, 0.2) is 22.9 Å². The summed E-state index contributed by atoms with van der Waals surface area (Å²) >= 11 is 1.99. The molecule has 0 aliphatic carbocycles. The molecule has 2 fully saturated rings. The van der Waals surface area contributed by atoms with Gasteiger partial charge in [0.1, 0.15) is 12.5 Å².